The Hall–Kier alpha value is -2.08. The number of carboxylic acid groups (broad SMARTS) is 1. The number of piperidine rings is 1. The standard InChI is InChI=1S/C15H18N2O4/c18-14(19)12-6-3-4-8-16(12)9-10-17-11-5-1-2-7-13(11)21-15(17)20/h1-2,5,7,12H,3-4,6,8-10H2,(H,18,19). The molecule has 0 bridgehead atoms. The Morgan fingerprint density at radius 2 is 2.10 bits per heavy atom. The molecule has 0 aliphatic carbocycles. The Kier molecular flexibility index (Phi) is 3.79. The summed E-state index contributed by atoms with van der Waals surface area (Å²) in [4.78, 5) is 25.1. The molecule has 6 nitrogen and oxygen atoms in total. The molecule has 1 unspecified atom stereocenters. The summed E-state index contributed by atoms with van der Waals surface area (Å²) in [5.41, 5.74) is 1.32. The molecule has 0 amide bonds. The van der Waals surface area contributed by atoms with Crippen molar-refractivity contribution in [2.45, 2.75) is 31.8 Å². The summed E-state index contributed by atoms with van der Waals surface area (Å²) in [5, 5.41) is 9.26. The molecule has 0 spiro atoms. The molecule has 1 saturated heterocycles. The third kappa shape index (κ3) is 2.71. The highest BCUT2D eigenvalue weighted by atomic mass is 16.4. The van der Waals surface area contributed by atoms with Crippen LogP contribution in [0.5, 0.6) is 0 Å². The van der Waals surface area contributed by atoms with Crippen molar-refractivity contribution < 1.29 is 14.3 Å². The molecule has 1 atom stereocenters. The number of hydrogen-bond donors (Lipinski definition) is 1. The van der Waals surface area contributed by atoms with Crippen LogP contribution in [0.25, 0.3) is 11.1 Å². The number of para-hydroxylation sites is 2. The van der Waals surface area contributed by atoms with E-state index in [1.807, 2.05) is 23.1 Å². The van der Waals surface area contributed by atoms with Crippen LogP contribution in [0.4, 0.5) is 0 Å². The summed E-state index contributed by atoms with van der Waals surface area (Å²) >= 11 is 0. The maximum Gasteiger partial charge on any atom is 0.419 e. The number of nitrogens with zero attached hydrogens (tertiary/aromatic N) is 2. The summed E-state index contributed by atoms with van der Waals surface area (Å²) in [5.74, 6) is -1.17. The van der Waals surface area contributed by atoms with E-state index in [1.54, 1.807) is 10.6 Å². The van der Waals surface area contributed by atoms with E-state index >= 15 is 0 Å². The van der Waals surface area contributed by atoms with Gasteiger partial charge in [0, 0.05) is 13.1 Å². The topological polar surface area (TPSA) is 75.7 Å². The summed E-state index contributed by atoms with van der Waals surface area (Å²) < 4.78 is 6.76. The SMILES string of the molecule is O=C(O)C1CCCCN1CCn1c(=O)oc2ccccc21. The van der Waals surface area contributed by atoms with Crippen molar-refractivity contribution in [2.24, 2.45) is 0 Å². The number of aromatic nitrogens is 1. The third-order valence-electron chi connectivity index (χ3n) is 4.08. The van der Waals surface area contributed by atoms with E-state index in [9.17, 15) is 14.7 Å². The molecule has 1 aromatic carbocycles. The molecule has 6 heteroatoms. The molecule has 1 N–H and O–H groups in total. The molecule has 0 radical (unpaired) electrons. The Morgan fingerprint density at radius 3 is 2.90 bits per heavy atom. The van der Waals surface area contributed by atoms with Crippen molar-refractivity contribution in [3.05, 3.63) is 34.8 Å². The average molecular weight is 290 g/mol. The molecule has 112 valence electrons. The lowest BCUT2D eigenvalue weighted by Crippen LogP contribution is -2.46. The number of carboxylic acids is 1. The molecule has 2 heterocycles. The van der Waals surface area contributed by atoms with Crippen molar-refractivity contribution in [1.82, 2.24) is 9.47 Å². The molecule has 3 rings (SSSR count). The van der Waals surface area contributed by atoms with Gasteiger partial charge in [-0.1, -0.05) is 18.6 Å². The fraction of sp³-hybridized carbons (Fsp3) is 0.467. The highest BCUT2D eigenvalue weighted by Crippen LogP contribution is 2.18. The van der Waals surface area contributed by atoms with Crippen LogP contribution in [0, 0.1) is 0 Å². The number of benzene rings is 1. The molecular weight excluding hydrogens is 272 g/mol. The Balaban J connectivity index is 1.78. The number of fused-ring (bicyclic) bond motifs is 1. The zero-order valence-electron chi connectivity index (χ0n) is 11.7. The Bertz CT molecular complexity index is 703. The number of aliphatic carboxylic acids is 1. The fourth-order valence-electron chi connectivity index (χ4n) is 2.99. The van der Waals surface area contributed by atoms with Crippen LogP contribution in [0.2, 0.25) is 0 Å². The normalized spacial score (nSPS) is 19.9. The van der Waals surface area contributed by atoms with E-state index < -0.39 is 12.0 Å². The minimum Gasteiger partial charge on any atom is -0.480 e. The fourth-order valence-corrected chi connectivity index (χ4v) is 2.99. The summed E-state index contributed by atoms with van der Waals surface area (Å²) in [6.07, 6.45) is 2.63. The van der Waals surface area contributed by atoms with E-state index in [-0.39, 0.29) is 5.76 Å². The van der Waals surface area contributed by atoms with Gasteiger partial charge in [-0.15, -0.1) is 0 Å². The monoisotopic (exact) mass is 290 g/mol. The van der Waals surface area contributed by atoms with Crippen LogP contribution < -0.4 is 5.76 Å². The predicted molar refractivity (Wildman–Crippen MR) is 77.3 cm³/mol. The van der Waals surface area contributed by atoms with Crippen LogP contribution in [0.15, 0.2) is 33.5 Å². The molecule has 1 aromatic heterocycles. The highest BCUT2D eigenvalue weighted by molar-refractivity contribution is 5.73. The summed E-state index contributed by atoms with van der Waals surface area (Å²) in [7, 11) is 0. The predicted octanol–water partition coefficient (Wildman–Crippen LogP) is 1.53. The van der Waals surface area contributed by atoms with Crippen LogP contribution >= 0.6 is 0 Å². The average Bonchev–Trinajstić information content (AvgIpc) is 2.81. The first-order valence-corrected chi connectivity index (χ1v) is 7.22. The quantitative estimate of drug-likeness (QED) is 0.924. The second-order valence-electron chi connectivity index (χ2n) is 5.37. The van der Waals surface area contributed by atoms with E-state index in [0.717, 1.165) is 24.9 Å². The van der Waals surface area contributed by atoms with Crippen molar-refractivity contribution in [3.63, 3.8) is 0 Å². The van der Waals surface area contributed by atoms with E-state index in [1.165, 1.54) is 0 Å². The lowest BCUT2D eigenvalue weighted by Gasteiger charge is -2.32. The zero-order chi connectivity index (χ0) is 14.8. The first-order chi connectivity index (χ1) is 10.2. The lowest BCUT2D eigenvalue weighted by atomic mass is 10.0. The summed E-state index contributed by atoms with van der Waals surface area (Å²) in [6, 6.07) is 6.84. The number of oxazole rings is 1. The number of hydrogen-bond acceptors (Lipinski definition) is 4. The highest BCUT2D eigenvalue weighted by Gasteiger charge is 2.28. The van der Waals surface area contributed by atoms with Gasteiger partial charge in [-0.05, 0) is 31.5 Å². The molecule has 1 aliphatic rings. The number of rotatable bonds is 4. The van der Waals surface area contributed by atoms with Gasteiger partial charge in [-0.25, -0.2) is 4.79 Å². The maximum atomic E-state index is 11.9. The van der Waals surface area contributed by atoms with Gasteiger partial charge in [-0.3, -0.25) is 14.3 Å². The van der Waals surface area contributed by atoms with Gasteiger partial charge >= 0.3 is 11.7 Å². The van der Waals surface area contributed by atoms with Crippen molar-refractivity contribution >= 4 is 17.1 Å². The summed E-state index contributed by atoms with van der Waals surface area (Å²) in [6.45, 7) is 1.75. The largest absolute Gasteiger partial charge is 0.480 e. The van der Waals surface area contributed by atoms with Crippen LogP contribution in [-0.2, 0) is 11.3 Å². The van der Waals surface area contributed by atoms with Crippen LogP contribution in [0.3, 0.4) is 0 Å². The molecular formula is C15H18N2O4. The van der Waals surface area contributed by atoms with Gasteiger partial charge in [0.15, 0.2) is 5.58 Å². The van der Waals surface area contributed by atoms with Crippen molar-refractivity contribution in [1.29, 1.82) is 0 Å². The van der Waals surface area contributed by atoms with E-state index in [4.69, 9.17) is 4.42 Å². The lowest BCUT2D eigenvalue weighted by molar-refractivity contribution is -0.144. The second-order valence-corrected chi connectivity index (χ2v) is 5.37. The molecule has 21 heavy (non-hydrogen) atoms. The van der Waals surface area contributed by atoms with Crippen LogP contribution in [0.1, 0.15) is 19.3 Å². The maximum absolute atomic E-state index is 11.9. The molecule has 0 saturated carbocycles. The Labute approximate surface area is 121 Å². The van der Waals surface area contributed by atoms with E-state index in [0.29, 0.717) is 25.1 Å². The van der Waals surface area contributed by atoms with Gasteiger partial charge in [0.1, 0.15) is 6.04 Å². The van der Waals surface area contributed by atoms with Gasteiger partial charge in [0.2, 0.25) is 0 Å². The Morgan fingerprint density at radius 1 is 1.29 bits per heavy atom. The second kappa shape index (κ2) is 5.73. The van der Waals surface area contributed by atoms with Crippen molar-refractivity contribution in [3.8, 4) is 0 Å². The molecule has 2 aromatic rings. The van der Waals surface area contributed by atoms with Gasteiger partial charge in [0.25, 0.3) is 0 Å². The first kappa shape index (κ1) is 13.9. The number of likely N-dealkylation sites (tertiary alicyclic amines) is 1. The minimum absolute atomic E-state index is 0.389. The number of carbonyl (C=O) groups is 1. The van der Waals surface area contributed by atoms with Crippen molar-refractivity contribution in [2.75, 3.05) is 13.1 Å². The first-order valence-electron chi connectivity index (χ1n) is 7.22. The smallest absolute Gasteiger partial charge is 0.419 e. The van der Waals surface area contributed by atoms with Gasteiger partial charge in [-0.2, -0.15) is 0 Å². The molecule has 1 aliphatic heterocycles. The third-order valence-corrected chi connectivity index (χ3v) is 4.08. The van der Waals surface area contributed by atoms with Gasteiger partial charge < -0.3 is 9.52 Å². The van der Waals surface area contributed by atoms with Gasteiger partial charge in [0.05, 0.1) is 5.52 Å². The molecule has 1 fully saturated rings. The zero-order valence-corrected chi connectivity index (χ0v) is 11.7. The van der Waals surface area contributed by atoms with Crippen LogP contribution in [-0.4, -0.2) is 39.7 Å². The van der Waals surface area contributed by atoms with E-state index in [2.05, 4.69) is 0 Å². The minimum atomic E-state index is -0.779.